The maximum Gasteiger partial charge on any atom is 0.163 e. The third kappa shape index (κ3) is 2.67. The first-order valence-corrected chi connectivity index (χ1v) is 7.26. The summed E-state index contributed by atoms with van der Waals surface area (Å²) in [5.41, 5.74) is 2.11. The van der Waals surface area contributed by atoms with Crippen LogP contribution in [-0.4, -0.2) is 33.0 Å². The molecule has 0 bridgehead atoms. The van der Waals surface area contributed by atoms with Crippen molar-refractivity contribution in [1.29, 1.82) is 0 Å². The SMILES string of the molecule is OCCNc1ccc(-c2nnc3n2CCCCC3)cc1. The van der Waals surface area contributed by atoms with Gasteiger partial charge in [0.25, 0.3) is 0 Å². The smallest absolute Gasteiger partial charge is 0.163 e. The second kappa shape index (κ2) is 6.05. The Balaban J connectivity index is 1.84. The molecule has 20 heavy (non-hydrogen) atoms. The summed E-state index contributed by atoms with van der Waals surface area (Å²) in [7, 11) is 0. The molecule has 0 atom stereocenters. The van der Waals surface area contributed by atoms with E-state index in [1.54, 1.807) is 0 Å². The van der Waals surface area contributed by atoms with E-state index in [9.17, 15) is 0 Å². The Morgan fingerprint density at radius 1 is 1.10 bits per heavy atom. The summed E-state index contributed by atoms with van der Waals surface area (Å²) in [4.78, 5) is 0. The van der Waals surface area contributed by atoms with Crippen LogP contribution in [0.4, 0.5) is 5.69 Å². The Hall–Kier alpha value is -1.88. The number of aryl methyl sites for hydroxylation is 1. The van der Waals surface area contributed by atoms with Crippen molar-refractivity contribution in [2.24, 2.45) is 0 Å². The van der Waals surface area contributed by atoms with Gasteiger partial charge in [0.05, 0.1) is 6.61 Å². The van der Waals surface area contributed by atoms with Crippen molar-refractivity contribution >= 4 is 5.69 Å². The second-order valence-electron chi connectivity index (χ2n) is 5.13. The zero-order valence-electron chi connectivity index (χ0n) is 11.5. The number of rotatable bonds is 4. The zero-order chi connectivity index (χ0) is 13.8. The van der Waals surface area contributed by atoms with Crippen LogP contribution in [0.25, 0.3) is 11.4 Å². The summed E-state index contributed by atoms with van der Waals surface area (Å²) in [6, 6.07) is 8.15. The van der Waals surface area contributed by atoms with Gasteiger partial charge in [-0.1, -0.05) is 6.42 Å². The van der Waals surface area contributed by atoms with E-state index in [0.29, 0.717) is 6.54 Å². The lowest BCUT2D eigenvalue weighted by Crippen LogP contribution is -2.05. The summed E-state index contributed by atoms with van der Waals surface area (Å²) >= 11 is 0. The van der Waals surface area contributed by atoms with Crippen LogP contribution in [-0.2, 0) is 13.0 Å². The molecule has 1 aromatic heterocycles. The molecule has 2 N–H and O–H groups in total. The van der Waals surface area contributed by atoms with Gasteiger partial charge >= 0.3 is 0 Å². The Morgan fingerprint density at radius 3 is 2.75 bits per heavy atom. The molecule has 1 aliphatic heterocycles. The summed E-state index contributed by atoms with van der Waals surface area (Å²) in [5.74, 6) is 2.08. The highest BCUT2D eigenvalue weighted by molar-refractivity contribution is 5.60. The number of aliphatic hydroxyl groups excluding tert-OH is 1. The maximum absolute atomic E-state index is 8.81. The minimum atomic E-state index is 0.138. The van der Waals surface area contributed by atoms with Gasteiger partial charge in [-0.15, -0.1) is 10.2 Å². The van der Waals surface area contributed by atoms with E-state index < -0.39 is 0 Å². The average Bonchev–Trinajstić information content (AvgIpc) is 2.74. The van der Waals surface area contributed by atoms with Crippen LogP contribution in [0.5, 0.6) is 0 Å². The van der Waals surface area contributed by atoms with Crippen molar-refractivity contribution in [2.75, 3.05) is 18.5 Å². The largest absolute Gasteiger partial charge is 0.395 e. The zero-order valence-corrected chi connectivity index (χ0v) is 11.5. The van der Waals surface area contributed by atoms with Crippen molar-refractivity contribution in [3.63, 3.8) is 0 Å². The number of nitrogens with zero attached hydrogens (tertiary/aromatic N) is 3. The molecule has 0 saturated heterocycles. The van der Waals surface area contributed by atoms with Gasteiger partial charge in [0, 0.05) is 30.8 Å². The maximum atomic E-state index is 8.81. The monoisotopic (exact) mass is 272 g/mol. The van der Waals surface area contributed by atoms with E-state index in [4.69, 9.17) is 5.11 Å². The van der Waals surface area contributed by atoms with E-state index in [2.05, 4.69) is 32.2 Å². The molecule has 106 valence electrons. The number of anilines is 1. The highest BCUT2D eigenvalue weighted by atomic mass is 16.3. The van der Waals surface area contributed by atoms with Crippen LogP contribution >= 0.6 is 0 Å². The lowest BCUT2D eigenvalue weighted by molar-refractivity contribution is 0.311. The molecular formula is C15H20N4O. The minimum Gasteiger partial charge on any atom is -0.395 e. The first kappa shape index (κ1) is 13.1. The van der Waals surface area contributed by atoms with Crippen molar-refractivity contribution in [1.82, 2.24) is 14.8 Å². The van der Waals surface area contributed by atoms with Gasteiger partial charge in [0.2, 0.25) is 0 Å². The molecule has 0 spiro atoms. The molecule has 3 rings (SSSR count). The fourth-order valence-electron chi connectivity index (χ4n) is 2.64. The van der Waals surface area contributed by atoms with Gasteiger partial charge in [0.15, 0.2) is 5.82 Å². The average molecular weight is 272 g/mol. The number of fused-ring (bicyclic) bond motifs is 1. The predicted molar refractivity (Wildman–Crippen MR) is 78.6 cm³/mol. The molecule has 0 radical (unpaired) electrons. The summed E-state index contributed by atoms with van der Waals surface area (Å²) in [6.07, 6.45) is 4.71. The van der Waals surface area contributed by atoms with E-state index in [1.165, 1.54) is 19.3 Å². The second-order valence-corrected chi connectivity index (χ2v) is 5.13. The lowest BCUT2D eigenvalue weighted by Gasteiger charge is -2.08. The molecular weight excluding hydrogens is 252 g/mol. The van der Waals surface area contributed by atoms with Gasteiger partial charge < -0.3 is 15.0 Å². The van der Waals surface area contributed by atoms with Crippen molar-refractivity contribution in [3.05, 3.63) is 30.1 Å². The third-order valence-electron chi connectivity index (χ3n) is 3.69. The third-order valence-corrected chi connectivity index (χ3v) is 3.69. The van der Waals surface area contributed by atoms with Crippen molar-refractivity contribution < 1.29 is 5.11 Å². The standard InChI is InChI=1S/C15H20N4O/c20-11-9-16-13-7-5-12(6-8-13)15-18-17-14-4-2-1-3-10-19(14)15/h5-8,16,20H,1-4,9-11H2. The molecule has 0 saturated carbocycles. The normalized spacial score (nSPS) is 14.7. The number of nitrogens with one attached hydrogen (secondary N) is 1. The molecule has 5 nitrogen and oxygen atoms in total. The van der Waals surface area contributed by atoms with Gasteiger partial charge in [-0.25, -0.2) is 0 Å². The summed E-state index contributed by atoms with van der Waals surface area (Å²) in [6.45, 7) is 1.72. The van der Waals surface area contributed by atoms with Crippen LogP contribution in [0.2, 0.25) is 0 Å². The Labute approximate surface area is 118 Å². The van der Waals surface area contributed by atoms with Crippen molar-refractivity contribution in [3.8, 4) is 11.4 Å². The first-order valence-electron chi connectivity index (χ1n) is 7.26. The number of aromatic nitrogens is 3. The van der Waals surface area contributed by atoms with E-state index in [1.807, 2.05) is 12.1 Å². The molecule has 1 aliphatic rings. The van der Waals surface area contributed by atoms with Crippen LogP contribution in [0, 0.1) is 0 Å². The van der Waals surface area contributed by atoms with Crippen LogP contribution in [0.15, 0.2) is 24.3 Å². The fourth-order valence-corrected chi connectivity index (χ4v) is 2.64. The molecule has 2 heterocycles. The van der Waals surface area contributed by atoms with Crippen LogP contribution in [0.1, 0.15) is 25.1 Å². The van der Waals surface area contributed by atoms with Gasteiger partial charge in [-0.2, -0.15) is 0 Å². The number of hydrogen-bond donors (Lipinski definition) is 2. The minimum absolute atomic E-state index is 0.138. The van der Waals surface area contributed by atoms with Crippen LogP contribution < -0.4 is 5.32 Å². The Kier molecular flexibility index (Phi) is 3.97. The first-order chi connectivity index (χ1) is 9.88. The van der Waals surface area contributed by atoms with E-state index in [0.717, 1.165) is 35.9 Å². The molecule has 1 aromatic carbocycles. The van der Waals surface area contributed by atoms with Gasteiger partial charge in [-0.3, -0.25) is 0 Å². The fraction of sp³-hybridized carbons (Fsp3) is 0.467. The number of hydrogen-bond acceptors (Lipinski definition) is 4. The molecule has 0 aliphatic carbocycles. The Morgan fingerprint density at radius 2 is 1.95 bits per heavy atom. The van der Waals surface area contributed by atoms with E-state index >= 15 is 0 Å². The summed E-state index contributed by atoms with van der Waals surface area (Å²) in [5, 5.41) is 20.6. The molecule has 0 fully saturated rings. The molecule has 0 amide bonds. The number of aliphatic hydroxyl groups is 1. The van der Waals surface area contributed by atoms with Crippen LogP contribution in [0.3, 0.4) is 0 Å². The van der Waals surface area contributed by atoms with Gasteiger partial charge in [-0.05, 0) is 37.1 Å². The Bertz CT molecular complexity index is 562. The molecule has 5 heteroatoms. The lowest BCUT2D eigenvalue weighted by atomic mass is 10.2. The van der Waals surface area contributed by atoms with E-state index in [-0.39, 0.29) is 6.61 Å². The van der Waals surface area contributed by atoms with Crippen molar-refractivity contribution in [2.45, 2.75) is 32.2 Å². The summed E-state index contributed by atoms with van der Waals surface area (Å²) < 4.78 is 2.25. The number of benzene rings is 1. The predicted octanol–water partition coefficient (Wildman–Crippen LogP) is 2.08. The van der Waals surface area contributed by atoms with Gasteiger partial charge in [0.1, 0.15) is 5.82 Å². The quantitative estimate of drug-likeness (QED) is 0.894. The molecule has 2 aromatic rings. The highest BCUT2D eigenvalue weighted by Crippen LogP contribution is 2.23. The molecule has 0 unspecified atom stereocenters. The highest BCUT2D eigenvalue weighted by Gasteiger charge is 2.15. The topological polar surface area (TPSA) is 63.0 Å².